The third kappa shape index (κ3) is 1.98. The number of benzene rings is 1. The molecule has 0 bridgehead atoms. The summed E-state index contributed by atoms with van der Waals surface area (Å²) < 4.78 is 5.39. The smallest absolute Gasteiger partial charge is 0.129 e. The fraction of sp³-hybridized carbons (Fsp3) is 0.385. The highest BCUT2D eigenvalue weighted by Crippen LogP contribution is 2.31. The molecule has 0 saturated carbocycles. The van der Waals surface area contributed by atoms with Crippen molar-refractivity contribution in [3.05, 3.63) is 35.4 Å². The lowest BCUT2D eigenvalue weighted by molar-refractivity contribution is 0.410. The van der Waals surface area contributed by atoms with E-state index in [4.69, 9.17) is 4.74 Å². The zero-order valence-electron chi connectivity index (χ0n) is 9.48. The van der Waals surface area contributed by atoms with Crippen LogP contribution in [0, 0.1) is 13.8 Å². The van der Waals surface area contributed by atoms with Crippen molar-refractivity contribution >= 4 is 5.57 Å². The van der Waals surface area contributed by atoms with E-state index in [1.54, 1.807) is 7.11 Å². The molecule has 1 heteroatoms. The molecule has 1 nitrogen and oxygen atoms in total. The summed E-state index contributed by atoms with van der Waals surface area (Å²) >= 11 is 0. The van der Waals surface area contributed by atoms with Crippen molar-refractivity contribution in [1.82, 2.24) is 0 Å². The molecule has 0 heterocycles. The summed E-state index contributed by atoms with van der Waals surface area (Å²) in [6.07, 6.45) is 0.958. The predicted octanol–water partition coefficient (Wildman–Crippen LogP) is 3.74. The molecule has 0 amide bonds. The molecule has 0 aromatic heterocycles. The summed E-state index contributed by atoms with van der Waals surface area (Å²) in [4.78, 5) is 0. The molecule has 0 N–H and O–H groups in total. The fourth-order valence-electron chi connectivity index (χ4n) is 1.68. The van der Waals surface area contributed by atoms with Crippen LogP contribution in [0.1, 0.15) is 30.0 Å². The topological polar surface area (TPSA) is 9.23 Å². The molecule has 0 aliphatic heterocycles. The van der Waals surface area contributed by atoms with Gasteiger partial charge in [0.15, 0.2) is 0 Å². The van der Waals surface area contributed by atoms with Crippen LogP contribution in [0.3, 0.4) is 0 Å². The van der Waals surface area contributed by atoms with Crippen LogP contribution in [-0.4, -0.2) is 7.11 Å². The standard InChI is InChI=1S/C13H18O/c1-6-10(3)12-8-9(2)7-11(4)13(12)14-5/h7-8H,3,6H2,1-2,4-5H3. The Morgan fingerprint density at radius 1 is 1.36 bits per heavy atom. The van der Waals surface area contributed by atoms with Crippen molar-refractivity contribution in [3.63, 3.8) is 0 Å². The summed E-state index contributed by atoms with van der Waals surface area (Å²) in [5.41, 5.74) is 4.71. The number of methoxy groups -OCH3 is 1. The largest absolute Gasteiger partial charge is 0.496 e. The second-order valence-electron chi connectivity index (χ2n) is 3.62. The number of ether oxygens (including phenoxy) is 1. The Morgan fingerprint density at radius 2 is 2.00 bits per heavy atom. The van der Waals surface area contributed by atoms with Gasteiger partial charge < -0.3 is 4.74 Å². The van der Waals surface area contributed by atoms with Gasteiger partial charge in [0.05, 0.1) is 7.11 Å². The fourth-order valence-corrected chi connectivity index (χ4v) is 1.68. The quantitative estimate of drug-likeness (QED) is 0.705. The lowest BCUT2D eigenvalue weighted by Crippen LogP contribution is -1.94. The van der Waals surface area contributed by atoms with Crippen LogP contribution in [0.25, 0.3) is 5.57 Å². The molecule has 0 unspecified atom stereocenters. The Morgan fingerprint density at radius 3 is 2.50 bits per heavy atom. The average molecular weight is 190 g/mol. The first-order valence-corrected chi connectivity index (χ1v) is 4.93. The molecule has 0 aliphatic carbocycles. The molecular formula is C13H18O. The molecule has 0 radical (unpaired) electrons. The minimum Gasteiger partial charge on any atom is -0.496 e. The van der Waals surface area contributed by atoms with Crippen LogP contribution < -0.4 is 4.74 Å². The lowest BCUT2D eigenvalue weighted by atomic mass is 9.99. The van der Waals surface area contributed by atoms with E-state index in [1.807, 2.05) is 0 Å². The van der Waals surface area contributed by atoms with Gasteiger partial charge >= 0.3 is 0 Å². The summed E-state index contributed by atoms with van der Waals surface area (Å²) in [6.45, 7) is 10.3. The highest BCUT2D eigenvalue weighted by Gasteiger charge is 2.08. The number of aryl methyl sites for hydroxylation is 2. The first kappa shape index (κ1) is 10.8. The predicted molar refractivity (Wildman–Crippen MR) is 61.8 cm³/mol. The third-order valence-corrected chi connectivity index (χ3v) is 2.43. The van der Waals surface area contributed by atoms with E-state index in [1.165, 1.54) is 11.1 Å². The zero-order chi connectivity index (χ0) is 10.7. The summed E-state index contributed by atoms with van der Waals surface area (Å²) in [5.74, 6) is 0.961. The van der Waals surface area contributed by atoms with Crippen molar-refractivity contribution in [2.24, 2.45) is 0 Å². The molecule has 0 aliphatic rings. The second-order valence-corrected chi connectivity index (χ2v) is 3.62. The van der Waals surface area contributed by atoms with Gasteiger partial charge in [0, 0.05) is 5.56 Å². The number of hydrogen-bond acceptors (Lipinski definition) is 1. The van der Waals surface area contributed by atoms with Crippen LogP contribution >= 0.6 is 0 Å². The Kier molecular flexibility index (Phi) is 3.34. The highest BCUT2D eigenvalue weighted by molar-refractivity contribution is 5.70. The molecule has 0 spiro atoms. The maximum Gasteiger partial charge on any atom is 0.129 e. The van der Waals surface area contributed by atoms with Gasteiger partial charge in [-0.1, -0.05) is 19.6 Å². The van der Waals surface area contributed by atoms with Crippen LogP contribution in [0.4, 0.5) is 0 Å². The van der Waals surface area contributed by atoms with Crippen LogP contribution in [-0.2, 0) is 0 Å². The number of allylic oxidation sites excluding steroid dienone is 1. The molecular weight excluding hydrogens is 172 g/mol. The van der Waals surface area contributed by atoms with Crippen molar-refractivity contribution < 1.29 is 4.74 Å². The minimum absolute atomic E-state index is 0.958. The molecule has 1 aromatic carbocycles. The van der Waals surface area contributed by atoms with Gasteiger partial charge in [-0.25, -0.2) is 0 Å². The monoisotopic (exact) mass is 190 g/mol. The van der Waals surface area contributed by atoms with E-state index in [0.717, 1.165) is 23.3 Å². The molecule has 0 atom stereocenters. The van der Waals surface area contributed by atoms with Gasteiger partial charge in [-0.05, 0) is 43.0 Å². The molecule has 14 heavy (non-hydrogen) atoms. The van der Waals surface area contributed by atoms with Gasteiger partial charge in [0.1, 0.15) is 5.75 Å². The second kappa shape index (κ2) is 4.32. The van der Waals surface area contributed by atoms with Gasteiger partial charge in [0.2, 0.25) is 0 Å². The van der Waals surface area contributed by atoms with E-state index >= 15 is 0 Å². The number of rotatable bonds is 3. The first-order valence-electron chi connectivity index (χ1n) is 4.93. The maximum absolute atomic E-state index is 5.39. The summed E-state index contributed by atoms with van der Waals surface area (Å²) in [6, 6.07) is 4.27. The summed E-state index contributed by atoms with van der Waals surface area (Å²) in [7, 11) is 1.71. The summed E-state index contributed by atoms with van der Waals surface area (Å²) in [5, 5.41) is 0. The first-order chi connectivity index (χ1) is 6.60. The van der Waals surface area contributed by atoms with Gasteiger partial charge in [-0.2, -0.15) is 0 Å². The minimum atomic E-state index is 0.958. The van der Waals surface area contributed by atoms with E-state index in [0.29, 0.717) is 0 Å². The molecule has 0 fully saturated rings. The van der Waals surface area contributed by atoms with Crippen molar-refractivity contribution in [2.75, 3.05) is 7.11 Å². The van der Waals surface area contributed by atoms with E-state index in [-0.39, 0.29) is 0 Å². The third-order valence-electron chi connectivity index (χ3n) is 2.43. The van der Waals surface area contributed by atoms with Gasteiger partial charge in [-0.15, -0.1) is 0 Å². The Labute approximate surface area is 86.4 Å². The SMILES string of the molecule is C=C(CC)c1cc(C)cc(C)c1OC. The number of hydrogen-bond donors (Lipinski definition) is 0. The molecule has 0 saturated heterocycles. The normalized spacial score (nSPS) is 10.0. The van der Waals surface area contributed by atoms with E-state index in [2.05, 4.69) is 39.5 Å². The highest BCUT2D eigenvalue weighted by atomic mass is 16.5. The molecule has 1 aromatic rings. The van der Waals surface area contributed by atoms with Crippen LogP contribution in [0.5, 0.6) is 5.75 Å². The van der Waals surface area contributed by atoms with Crippen LogP contribution in [0.15, 0.2) is 18.7 Å². The Bertz CT molecular complexity index is 350. The van der Waals surface area contributed by atoms with E-state index in [9.17, 15) is 0 Å². The lowest BCUT2D eigenvalue weighted by Gasteiger charge is -2.13. The zero-order valence-corrected chi connectivity index (χ0v) is 9.48. The van der Waals surface area contributed by atoms with Crippen molar-refractivity contribution in [2.45, 2.75) is 27.2 Å². The average Bonchev–Trinajstić information content (AvgIpc) is 2.15. The van der Waals surface area contributed by atoms with E-state index < -0.39 is 0 Å². The van der Waals surface area contributed by atoms with Crippen LogP contribution in [0.2, 0.25) is 0 Å². The molecule has 1 rings (SSSR count). The molecule has 76 valence electrons. The van der Waals surface area contributed by atoms with Crippen molar-refractivity contribution in [1.29, 1.82) is 0 Å². The van der Waals surface area contributed by atoms with Crippen molar-refractivity contribution in [3.8, 4) is 5.75 Å². The van der Waals surface area contributed by atoms with Gasteiger partial charge in [0.25, 0.3) is 0 Å². The maximum atomic E-state index is 5.39. The Hall–Kier alpha value is -1.24. The Balaban J connectivity index is 3.32. The van der Waals surface area contributed by atoms with Gasteiger partial charge in [-0.3, -0.25) is 0 Å².